The topological polar surface area (TPSA) is 96.0 Å². The van der Waals surface area contributed by atoms with Gasteiger partial charge in [-0.15, -0.1) is 0 Å². The highest BCUT2D eigenvalue weighted by atomic mass is 32.2. The molecule has 0 aliphatic carbocycles. The quantitative estimate of drug-likeness (QED) is 0.548. The zero-order valence-electron chi connectivity index (χ0n) is 10.8. The molecule has 0 aromatic carbocycles. The van der Waals surface area contributed by atoms with E-state index in [1.807, 2.05) is 0 Å². The summed E-state index contributed by atoms with van der Waals surface area (Å²) in [5, 5.41) is 4.01. The van der Waals surface area contributed by atoms with Gasteiger partial charge in [0.05, 0.1) is 5.75 Å². The first-order valence-corrected chi connectivity index (χ1v) is 7.39. The van der Waals surface area contributed by atoms with Crippen molar-refractivity contribution in [2.75, 3.05) is 5.75 Å². The summed E-state index contributed by atoms with van der Waals surface area (Å²) >= 11 is 0. The Morgan fingerprint density at radius 2 is 2.10 bits per heavy atom. The van der Waals surface area contributed by atoms with Gasteiger partial charge < -0.3 is 9.12 Å². The molecule has 0 bridgehead atoms. The fourth-order valence-electron chi connectivity index (χ4n) is 1.62. The summed E-state index contributed by atoms with van der Waals surface area (Å²) in [6.45, 7) is 0.00265. The summed E-state index contributed by atoms with van der Waals surface area (Å²) in [6.07, 6.45) is 4.74. The van der Waals surface area contributed by atoms with E-state index in [2.05, 4.69) is 5.10 Å². The number of pyridine rings is 1. The molecule has 0 aliphatic heterocycles. The molecule has 0 aliphatic rings. The monoisotopic (exact) mass is 295 g/mol. The Morgan fingerprint density at radius 3 is 2.65 bits per heavy atom. The van der Waals surface area contributed by atoms with E-state index in [4.69, 9.17) is 0 Å². The molecule has 0 unspecified atom stereocenters. The molecule has 2 rings (SSSR count). The Labute approximate surface area is 115 Å². The second kappa shape index (κ2) is 5.51. The maximum Gasteiger partial charge on any atom is 0.250 e. The fraction of sp³-hybridized carbons (Fsp3) is 0.250. The van der Waals surface area contributed by atoms with E-state index < -0.39 is 15.9 Å². The van der Waals surface area contributed by atoms with Crippen LogP contribution in [0, 0.1) is 0 Å². The van der Waals surface area contributed by atoms with Crippen molar-refractivity contribution in [3.05, 3.63) is 47.1 Å². The zero-order chi connectivity index (χ0) is 14.8. The fourth-order valence-corrected chi connectivity index (χ4v) is 2.03. The second-order valence-electron chi connectivity index (χ2n) is 4.31. The van der Waals surface area contributed by atoms with Crippen molar-refractivity contribution in [2.45, 2.75) is 6.54 Å². The third kappa shape index (κ3) is 3.72. The van der Waals surface area contributed by atoms with Crippen LogP contribution in [0.1, 0.15) is 0 Å². The molecule has 2 aromatic heterocycles. The Kier molecular flexibility index (Phi) is 3.96. The number of aromatic nitrogens is 3. The van der Waals surface area contributed by atoms with E-state index in [0.29, 0.717) is 0 Å². The van der Waals surface area contributed by atoms with Gasteiger partial charge >= 0.3 is 0 Å². The van der Waals surface area contributed by atoms with Gasteiger partial charge in [0, 0.05) is 30.9 Å². The molecule has 0 spiro atoms. The third-order valence-electron chi connectivity index (χ3n) is 2.78. The van der Waals surface area contributed by atoms with E-state index in [9.17, 15) is 17.8 Å². The molecule has 7 nitrogen and oxygen atoms in total. The molecule has 0 radical (unpaired) electrons. The lowest BCUT2D eigenvalue weighted by Gasteiger charge is -2.03. The van der Waals surface area contributed by atoms with Crippen LogP contribution in [0.4, 0.5) is 0 Å². The van der Waals surface area contributed by atoms with E-state index in [1.54, 1.807) is 31.6 Å². The minimum Gasteiger partial charge on any atom is -0.748 e. The SMILES string of the molecule is Cn1ccc(-c2cc[n+](CCS(=O)(=O)[O-])nc2)cc1=O. The van der Waals surface area contributed by atoms with E-state index in [-0.39, 0.29) is 12.1 Å². The molecular formula is C12H13N3O4S. The van der Waals surface area contributed by atoms with Crippen LogP contribution in [-0.4, -0.2) is 28.4 Å². The van der Waals surface area contributed by atoms with Crippen molar-refractivity contribution in [1.82, 2.24) is 9.67 Å². The normalized spacial score (nSPS) is 11.5. The molecule has 106 valence electrons. The van der Waals surface area contributed by atoms with Crippen LogP contribution in [-0.2, 0) is 23.7 Å². The van der Waals surface area contributed by atoms with Gasteiger partial charge in [0.2, 0.25) is 0 Å². The van der Waals surface area contributed by atoms with E-state index >= 15 is 0 Å². The van der Waals surface area contributed by atoms with Gasteiger partial charge in [-0.1, -0.05) is 4.68 Å². The third-order valence-corrected chi connectivity index (χ3v) is 3.46. The zero-order valence-corrected chi connectivity index (χ0v) is 11.6. The molecule has 0 atom stereocenters. The minimum absolute atomic E-state index is 0.00265. The van der Waals surface area contributed by atoms with Crippen molar-refractivity contribution < 1.29 is 17.7 Å². The summed E-state index contributed by atoms with van der Waals surface area (Å²) < 4.78 is 34.4. The standard InChI is InChI=1S/C12H13N3O4S/c1-14-4-2-10(8-12(14)16)11-3-5-15(13-9-11)6-7-20(17,18)19/h2-5,8-9H,6-7H2,1H3. The van der Waals surface area contributed by atoms with Crippen LogP contribution in [0.25, 0.3) is 11.1 Å². The molecule has 2 aromatic rings. The predicted octanol–water partition coefficient (Wildman–Crippen LogP) is -0.720. The highest BCUT2D eigenvalue weighted by Crippen LogP contribution is 2.13. The number of rotatable bonds is 4. The van der Waals surface area contributed by atoms with Crippen molar-refractivity contribution >= 4 is 10.1 Å². The largest absolute Gasteiger partial charge is 0.748 e. The van der Waals surface area contributed by atoms with Gasteiger partial charge in [-0.2, -0.15) is 0 Å². The Hall–Kier alpha value is -2.06. The van der Waals surface area contributed by atoms with Gasteiger partial charge in [0.25, 0.3) is 5.56 Å². The lowest BCUT2D eigenvalue weighted by atomic mass is 10.1. The van der Waals surface area contributed by atoms with Crippen molar-refractivity contribution in [2.24, 2.45) is 7.05 Å². The van der Waals surface area contributed by atoms with E-state index in [0.717, 1.165) is 11.1 Å². The Balaban J connectivity index is 2.19. The van der Waals surface area contributed by atoms with Gasteiger partial charge in [-0.3, -0.25) is 4.79 Å². The number of aryl methyl sites for hydroxylation is 2. The summed E-state index contributed by atoms with van der Waals surface area (Å²) in [5.41, 5.74) is 1.34. The first-order valence-electron chi connectivity index (χ1n) is 5.81. The maximum absolute atomic E-state index is 11.5. The lowest BCUT2D eigenvalue weighted by molar-refractivity contribution is -0.750. The van der Waals surface area contributed by atoms with E-state index in [1.165, 1.54) is 21.5 Å². The van der Waals surface area contributed by atoms with Crippen LogP contribution >= 0.6 is 0 Å². The molecule has 0 amide bonds. The van der Waals surface area contributed by atoms with Crippen LogP contribution < -0.4 is 10.2 Å². The van der Waals surface area contributed by atoms with Gasteiger partial charge in [-0.25, -0.2) is 8.42 Å². The minimum atomic E-state index is -4.25. The van der Waals surface area contributed by atoms with Crippen molar-refractivity contribution in [3.63, 3.8) is 0 Å². The number of hydrogen-bond donors (Lipinski definition) is 0. The van der Waals surface area contributed by atoms with Gasteiger partial charge in [0.1, 0.15) is 16.3 Å². The van der Waals surface area contributed by atoms with Crippen LogP contribution in [0.5, 0.6) is 0 Å². The maximum atomic E-state index is 11.5. The molecule has 2 heterocycles. The summed E-state index contributed by atoms with van der Waals surface area (Å²) in [4.78, 5) is 11.5. The molecule has 0 N–H and O–H groups in total. The summed E-state index contributed by atoms with van der Waals surface area (Å²) in [5.74, 6) is -0.504. The molecule has 0 saturated carbocycles. The second-order valence-corrected chi connectivity index (χ2v) is 5.83. The van der Waals surface area contributed by atoms with Crippen molar-refractivity contribution in [3.8, 4) is 11.1 Å². The molecule has 0 fully saturated rings. The molecule has 8 heteroatoms. The average Bonchev–Trinajstić information content (AvgIpc) is 2.39. The first kappa shape index (κ1) is 14.4. The predicted molar refractivity (Wildman–Crippen MR) is 69.7 cm³/mol. The Bertz CT molecular complexity index is 766. The first-order chi connectivity index (χ1) is 9.35. The molecular weight excluding hydrogens is 282 g/mol. The van der Waals surface area contributed by atoms with Crippen LogP contribution in [0.2, 0.25) is 0 Å². The molecule has 20 heavy (non-hydrogen) atoms. The summed E-state index contributed by atoms with van der Waals surface area (Å²) in [7, 11) is -2.59. The van der Waals surface area contributed by atoms with Gasteiger partial charge in [0.15, 0.2) is 12.7 Å². The Morgan fingerprint density at radius 1 is 1.35 bits per heavy atom. The van der Waals surface area contributed by atoms with Crippen LogP contribution in [0.3, 0.4) is 0 Å². The van der Waals surface area contributed by atoms with Gasteiger partial charge in [-0.05, 0) is 16.7 Å². The highest BCUT2D eigenvalue weighted by molar-refractivity contribution is 7.85. The number of nitrogens with zero attached hydrogens (tertiary/aromatic N) is 3. The average molecular weight is 295 g/mol. The lowest BCUT2D eigenvalue weighted by Crippen LogP contribution is -2.40. The van der Waals surface area contributed by atoms with Crippen molar-refractivity contribution in [1.29, 1.82) is 0 Å². The number of hydrogen-bond acceptors (Lipinski definition) is 5. The highest BCUT2D eigenvalue weighted by Gasteiger charge is 2.07. The summed E-state index contributed by atoms with van der Waals surface area (Å²) in [6, 6.07) is 4.98. The van der Waals surface area contributed by atoms with Crippen LogP contribution in [0.15, 0.2) is 41.6 Å². The molecule has 0 saturated heterocycles. The smallest absolute Gasteiger partial charge is 0.250 e.